The smallest absolute Gasteiger partial charge is 0.236 e. The number of carbonyl (C=O) groups excluding carboxylic acids is 1. The van der Waals surface area contributed by atoms with Crippen molar-refractivity contribution >= 4 is 56.5 Å². The van der Waals surface area contributed by atoms with E-state index in [0.717, 1.165) is 5.56 Å². The molecule has 5 nitrogen and oxygen atoms in total. The predicted molar refractivity (Wildman–Crippen MR) is 116 cm³/mol. The highest BCUT2D eigenvalue weighted by Gasteiger charge is 2.47. The summed E-state index contributed by atoms with van der Waals surface area (Å²) in [6, 6.07) is 9.93. The Morgan fingerprint density at radius 1 is 1.27 bits per heavy atom. The molecule has 146 valence electrons. The lowest BCUT2D eigenvalue weighted by molar-refractivity contribution is -0.125. The van der Waals surface area contributed by atoms with E-state index in [9.17, 15) is 9.00 Å². The van der Waals surface area contributed by atoms with Gasteiger partial charge in [0.05, 0.1) is 19.6 Å². The summed E-state index contributed by atoms with van der Waals surface area (Å²) in [6.07, 6.45) is 0.186. The van der Waals surface area contributed by atoms with Crippen LogP contribution in [0.15, 0.2) is 30.3 Å². The second-order valence-corrected chi connectivity index (χ2v) is 18.2. The van der Waals surface area contributed by atoms with Gasteiger partial charge in [0.25, 0.3) is 0 Å². The highest BCUT2D eigenvalue weighted by atomic mass is 33.2. The zero-order valence-corrected chi connectivity index (χ0v) is 19.2. The van der Waals surface area contributed by atoms with Crippen LogP contribution in [0.5, 0.6) is 0 Å². The van der Waals surface area contributed by atoms with Crippen LogP contribution in [0.4, 0.5) is 0 Å². The fourth-order valence-corrected chi connectivity index (χ4v) is 13.2. The molecule has 10 heteroatoms. The van der Waals surface area contributed by atoms with Crippen molar-refractivity contribution in [1.82, 2.24) is 4.31 Å². The Morgan fingerprint density at radius 2 is 1.85 bits per heavy atom. The average Bonchev–Trinajstić information content (AvgIpc) is 2.94. The first-order chi connectivity index (χ1) is 12.4. The third-order valence-corrected chi connectivity index (χ3v) is 16.2. The Kier molecular flexibility index (Phi) is 9.13. The molecule has 0 radical (unpaired) electrons. The molecule has 1 fully saturated rings. The summed E-state index contributed by atoms with van der Waals surface area (Å²) in [4.78, 5) is 12.1. The highest BCUT2D eigenvalue weighted by molar-refractivity contribution is 8.99. The lowest BCUT2D eigenvalue weighted by Crippen LogP contribution is -2.30. The molecule has 0 aliphatic carbocycles. The second kappa shape index (κ2) is 10.6. The third-order valence-electron chi connectivity index (χ3n) is 3.79. The van der Waals surface area contributed by atoms with E-state index in [1.54, 1.807) is 0 Å². The molecule has 3 atom stereocenters. The van der Waals surface area contributed by atoms with Crippen LogP contribution in [0.1, 0.15) is 38.7 Å². The Morgan fingerprint density at radius 3 is 2.38 bits per heavy atom. The van der Waals surface area contributed by atoms with Crippen molar-refractivity contribution in [2.75, 3.05) is 19.8 Å². The summed E-state index contributed by atoms with van der Waals surface area (Å²) in [5.41, 5.74) is 1.12. The fourth-order valence-electron chi connectivity index (χ4n) is 2.46. The van der Waals surface area contributed by atoms with E-state index in [1.807, 2.05) is 51.1 Å². The lowest BCUT2D eigenvalue weighted by atomic mass is 10.0. The van der Waals surface area contributed by atoms with Gasteiger partial charge in [-0.1, -0.05) is 49.1 Å². The molecular formula is C16H24NO4PS4. The number of rotatable bonds is 10. The maximum Gasteiger partial charge on any atom is 0.236 e. The van der Waals surface area contributed by atoms with Crippen LogP contribution in [-0.2, 0) is 36.0 Å². The number of nitrogens with zero attached hydrogens (tertiary/aromatic N) is 1. The minimum absolute atomic E-state index is 0.0970. The predicted octanol–water partition coefficient (Wildman–Crippen LogP) is 4.69. The molecule has 0 saturated carbocycles. The zero-order valence-electron chi connectivity index (χ0n) is 15.0. The summed E-state index contributed by atoms with van der Waals surface area (Å²) in [5.74, 6) is -0.0145. The van der Waals surface area contributed by atoms with Gasteiger partial charge in [0.1, 0.15) is 20.4 Å². The minimum atomic E-state index is -2.39. The highest BCUT2D eigenvalue weighted by Crippen LogP contribution is 2.75. The van der Waals surface area contributed by atoms with Gasteiger partial charge in [-0.05, 0) is 25.3 Å². The SMILES string of the molecule is CCOSP(=S)(SOCC)C1CC(=O)N(CC(C)c2ccccc2)S1=O. The molecule has 0 spiro atoms. The van der Waals surface area contributed by atoms with Crippen LogP contribution in [0.3, 0.4) is 0 Å². The Bertz CT molecular complexity index is 663. The van der Waals surface area contributed by atoms with Gasteiger partial charge >= 0.3 is 0 Å². The monoisotopic (exact) mass is 453 g/mol. The van der Waals surface area contributed by atoms with Crippen LogP contribution in [-0.4, -0.2) is 39.2 Å². The zero-order chi connectivity index (χ0) is 19.2. The van der Waals surface area contributed by atoms with Gasteiger partial charge in [-0.2, -0.15) is 0 Å². The molecule has 26 heavy (non-hydrogen) atoms. The molecular weight excluding hydrogens is 429 g/mol. The van der Waals surface area contributed by atoms with E-state index in [2.05, 4.69) is 0 Å². The first kappa shape index (κ1) is 22.4. The average molecular weight is 454 g/mol. The van der Waals surface area contributed by atoms with E-state index >= 15 is 0 Å². The van der Waals surface area contributed by atoms with Crippen LogP contribution in [0, 0.1) is 0 Å². The van der Waals surface area contributed by atoms with Gasteiger partial charge in [-0.15, -0.1) is 0 Å². The Labute approximate surface area is 171 Å². The topological polar surface area (TPSA) is 55.8 Å². The molecule has 1 aromatic rings. The first-order valence-corrected chi connectivity index (χ1v) is 15.1. The maximum atomic E-state index is 13.1. The van der Waals surface area contributed by atoms with E-state index in [-0.39, 0.29) is 18.2 Å². The first-order valence-electron chi connectivity index (χ1n) is 8.41. The van der Waals surface area contributed by atoms with E-state index in [4.69, 9.17) is 20.2 Å². The number of hydrogen-bond acceptors (Lipinski definition) is 7. The van der Waals surface area contributed by atoms with Crippen molar-refractivity contribution in [2.45, 2.75) is 38.1 Å². The number of carbonyl (C=O) groups is 1. The quantitative estimate of drug-likeness (QED) is 0.376. The standard InChI is InChI=1S/C16H24NO4PS4/c1-4-20-24-22(23,25-21-5-2)16-11-15(18)17(26(16)19)12-13(3)14-9-7-6-8-10-14/h6-10,13,16H,4-5,11-12H2,1-3H3. The molecule has 0 N–H and O–H groups in total. The Balaban J connectivity index is 2.14. The molecule has 1 saturated heterocycles. The summed E-state index contributed by atoms with van der Waals surface area (Å²) in [5, 5.41) is 0. The van der Waals surface area contributed by atoms with Gasteiger partial charge in [0.2, 0.25) is 5.91 Å². The van der Waals surface area contributed by atoms with E-state index in [1.165, 1.54) is 27.6 Å². The van der Waals surface area contributed by atoms with Gasteiger partial charge in [-0.25, -0.2) is 4.21 Å². The van der Waals surface area contributed by atoms with E-state index < -0.39 is 20.4 Å². The van der Waals surface area contributed by atoms with Gasteiger partial charge < -0.3 is 8.37 Å². The number of benzene rings is 1. The van der Waals surface area contributed by atoms with Crippen LogP contribution < -0.4 is 0 Å². The van der Waals surface area contributed by atoms with Crippen LogP contribution >= 0.6 is 27.8 Å². The molecule has 3 unspecified atom stereocenters. The maximum absolute atomic E-state index is 13.1. The molecule has 1 heterocycles. The molecule has 2 rings (SSSR count). The van der Waals surface area contributed by atoms with Crippen molar-refractivity contribution in [3.63, 3.8) is 0 Å². The van der Waals surface area contributed by atoms with Crippen LogP contribution in [0.2, 0.25) is 0 Å². The lowest BCUT2D eigenvalue weighted by Gasteiger charge is -2.25. The van der Waals surface area contributed by atoms with Crippen molar-refractivity contribution in [2.24, 2.45) is 0 Å². The molecule has 1 aliphatic rings. The summed E-state index contributed by atoms with van der Waals surface area (Å²) < 4.78 is 23.1. The third kappa shape index (κ3) is 5.56. The van der Waals surface area contributed by atoms with E-state index in [0.29, 0.717) is 19.8 Å². The minimum Gasteiger partial charge on any atom is -0.310 e. The second-order valence-electron chi connectivity index (χ2n) is 5.70. The fraction of sp³-hybridized carbons (Fsp3) is 0.562. The summed E-state index contributed by atoms with van der Waals surface area (Å²) in [6.45, 7) is 7.20. The molecule has 1 aromatic carbocycles. The van der Waals surface area contributed by atoms with Crippen molar-refractivity contribution in [3.8, 4) is 0 Å². The molecule has 1 aliphatic heterocycles. The van der Waals surface area contributed by atoms with Crippen LogP contribution in [0.25, 0.3) is 0 Å². The Hall–Kier alpha value is 0.110. The van der Waals surface area contributed by atoms with Crippen molar-refractivity contribution in [1.29, 1.82) is 0 Å². The number of amides is 1. The van der Waals surface area contributed by atoms with Gasteiger partial charge in [0, 0.05) is 29.9 Å². The summed E-state index contributed by atoms with van der Waals surface area (Å²) >= 11 is 8.15. The van der Waals surface area contributed by atoms with Gasteiger partial charge in [0.15, 0.2) is 0 Å². The van der Waals surface area contributed by atoms with Crippen molar-refractivity contribution in [3.05, 3.63) is 35.9 Å². The molecule has 0 bridgehead atoms. The summed E-state index contributed by atoms with van der Waals surface area (Å²) in [7, 11) is -1.47. The molecule has 1 amide bonds. The normalized spacial score (nSPS) is 22.0. The van der Waals surface area contributed by atoms with Gasteiger partial charge in [-0.3, -0.25) is 9.10 Å². The van der Waals surface area contributed by atoms with Crippen molar-refractivity contribution < 1.29 is 17.4 Å². The molecule has 0 aromatic heterocycles. The number of hydrogen-bond donors (Lipinski definition) is 0. The largest absolute Gasteiger partial charge is 0.310 e.